The summed E-state index contributed by atoms with van der Waals surface area (Å²) in [5.74, 6) is -0.178. The van der Waals surface area contributed by atoms with E-state index in [0.717, 1.165) is 17.8 Å². The highest BCUT2D eigenvalue weighted by Gasteiger charge is 2.33. The van der Waals surface area contributed by atoms with Gasteiger partial charge in [-0.25, -0.2) is 4.79 Å². The lowest BCUT2D eigenvalue weighted by Gasteiger charge is -2.28. The zero-order valence-electron chi connectivity index (χ0n) is 13.5. The third-order valence-electron chi connectivity index (χ3n) is 3.81. The number of fused-ring (bicyclic) bond motifs is 1. The van der Waals surface area contributed by atoms with Crippen LogP contribution in [0.2, 0.25) is 0 Å². The molecule has 0 radical (unpaired) electrons. The van der Waals surface area contributed by atoms with E-state index in [2.05, 4.69) is 5.32 Å². The molecule has 2 unspecified atom stereocenters. The van der Waals surface area contributed by atoms with Gasteiger partial charge in [-0.1, -0.05) is 19.1 Å². The van der Waals surface area contributed by atoms with Crippen LogP contribution in [0, 0.1) is 0 Å². The fourth-order valence-electron chi connectivity index (χ4n) is 2.85. The Kier molecular flexibility index (Phi) is 5.41. The number of hydrogen-bond acceptors (Lipinski definition) is 4. The van der Waals surface area contributed by atoms with Gasteiger partial charge in [0.15, 0.2) is 0 Å². The number of nitrogens with zero attached hydrogens (tertiary/aromatic N) is 1. The van der Waals surface area contributed by atoms with E-state index in [1.54, 1.807) is 6.92 Å². The van der Waals surface area contributed by atoms with E-state index in [1.165, 1.54) is 0 Å². The van der Waals surface area contributed by atoms with Crippen LogP contribution in [-0.4, -0.2) is 30.6 Å². The predicted octanol–water partition coefficient (Wildman–Crippen LogP) is 2.96. The van der Waals surface area contributed by atoms with Gasteiger partial charge in [-0.05, 0) is 38.8 Å². The molecule has 2 rings (SSSR count). The summed E-state index contributed by atoms with van der Waals surface area (Å²) in [5.41, 5.74) is 1.63. The van der Waals surface area contributed by atoms with Crippen molar-refractivity contribution in [2.45, 2.75) is 52.1 Å². The van der Waals surface area contributed by atoms with Crippen molar-refractivity contribution >= 4 is 23.3 Å². The second kappa shape index (κ2) is 7.29. The van der Waals surface area contributed by atoms with Gasteiger partial charge in [-0.2, -0.15) is 0 Å². The maximum absolute atomic E-state index is 12.5. The number of esters is 1. The number of amides is 1. The third-order valence-corrected chi connectivity index (χ3v) is 3.81. The maximum atomic E-state index is 12.5. The average molecular weight is 304 g/mol. The van der Waals surface area contributed by atoms with Crippen LogP contribution < -0.4 is 10.2 Å². The van der Waals surface area contributed by atoms with Crippen molar-refractivity contribution in [3.05, 3.63) is 24.3 Å². The minimum absolute atomic E-state index is 0.0652. The van der Waals surface area contributed by atoms with Crippen molar-refractivity contribution in [1.82, 2.24) is 0 Å². The van der Waals surface area contributed by atoms with Crippen LogP contribution in [0.15, 0.2) is 24.3 Å². The Morgan fingerprint density at radius 1 is 1.32 bits per heavy atom. The molecule has 0 spiro atoms. The number of carbonyl (C=O) groups is 2. The Labute approximate surface area is 131 Å². The lowest BCUT2D eigenvalue weighted by Crippen LogP contribution is -2.41. The van der Waals surface area contributed by atoms with E-state index in [0.29, 0.717) is 19.4 Å². The maximum Gasteiger partial charge on any atom is 0.328 e. The van der Waals surface area contributed by atoms with Crippen LogP contribution in [0.4, 0.5) is 11.4 Å². The summed E-state index contributed by atoms with van der Waals surface area (Å²) in [4.78, 5) is 26.4. The highest BCUT2D eigenvalue weighted by atomic mass is 16.5. The standard InChI is InChI=1S/C17H24N2O3/c1-4-8-16(20)19-12(3)11-14(17(21)22-5-2)18-13-9-6-7-10-15(13)19/h6-7,9-10,12,14,18H,4-5,8,11H2,1-3H3. The van der Waals surface area contributed by atoms with Crippen molar-refractivity contribution in [3.8, 4) is 0 Å². The predicted molar refractivity (Wildman–Crippen MR) is 87.0 cm³/mol. The molecule has 1 aliphatic rings. The molecule has 5 nitrogen and oxygen atoms in total. The molecule has 0 fully saturated rings. The lowest BCUT2D eigenvalue weighted by atomic mass is 10.1. The molecule has 1 N–H and O–H groups in total. The Bertz CT molecular complexity index is 544. The summed E-state index contributed by atoms with van der Waals surface area (Å²) in [6.45, 7) is 6.12. The van der Waals surface area contributed by atoms with Gasteiger partial charge >= 0.3 is 5.97 Å². The topological polar surface area (TPSA) is 58.6 Å². The lowest BCUT2D eigenvalue weighted by molar-refractivity contribution is -0.144. The van der Waals surface area contributed by atoms with Crippen molar-refractivity contribution in [2.24, 2.45) is 0 Å². The first-order chi connectivity index (χ1) is 10.6. The molecule has 1 heterocycles. The molecule has 0 aromatic heterocycles. The Morgan fingerprint density at radius 3 is 2.73 bits per heavy atom. The highest BCUT2D eigenvalue weighted by molar-refractivity contribution is 5.98. The minimum Gasteiger partial charge on any atom is -0.464 e. The number of para-hydroxylation sites is 2. The molecule has 1 amide bonds. The van der Waals surface area contributed by atoms with Gasteiger partial charge in [0.25, 0.3) is 0 Å². The van der Waals surface area contributed by atoms with Crippen molar-refractivity contribution in [1.29, 1.82) is 0 Å². The first-order valence-electron chi connectivity index (χ1n) is 7.92. The average Bonchev–Trinajstić information content (AvgIpc) is 2.63. The van der Waals surface area contributed by atoms with Crippen LogP contribution >= 0.6 is 0 Å². The number of hydrogen-bond donors (Lipinski definition) is 1. The van der Waals surface area contributed by atoms with E-state index >= 15 is 0 Å². The molecule has 1 aliphatic heterocycles. The van der Waals surface area contributed by atoms with Gasteiger partial charge in [0, 0.05) is 12.5 Å². The monoisotopic (exact) mass is 304 g/mol. The van der Waals surface area contributed by atoms with Gasteiger partial charge in [0.05, 0.1) is 18.0 Å². The van der Waals surface area contributed by atoms with Crippen LogP contribution in [0.3, 0.4) is 0 Å². The van der Waals surface area contributed by atoms with Crippen LogP contribution in [-0.2, 0) is 14.3 Å². The fourth-order valence-corrected chi connectivity index (χ4v) is 2.85. The van der Waals surface area contributed by atoms with Crippen LogP contribution in [0.1, 0.15) is 40.0 Å². The van der Waals surface area contributed by atoms with Crippen LogP contribution in [0.5, 0.6) is 0 Å². The second-order valence-corrected chi connectivity index (χ2v) is 5.56. The van der Waals surface area contributed by atoms with Gasteiger partial charge in [0.2, 0.25) is 5.91 Å². The van der Waals surface area contributed by atoms with E-state index in [9.17, 15) is 9.59 Å². The first-order valence-corrected chi connectivity index (χ1v) is 7.92. The Balaban J connectivity index is 2.35. The number of carbonyl (C=O) groups excluding carboxylic acids is 2. The molecular weight excluding hydrogens is 280 g/mol. The molecule has 5 heteroatoms. The number of rotatable bonds is 4. The number of ether oxygens (including phenoxy) is 1. The molecule has 1 aromatic rings. The van der Waals surface area contributed by atoms with E-state index in [-0.39, 0.29) is 17.9 Å². The smallest absolute Gasteiger partial charge is 0.328 e. The van der Waals surface area contributed by atoms with Crippen LogP contribution in [0.25, 0.3) is 0 Å². The Hall–Kier alpha value is -2.04. The molecule has 22 heavy (non-hydrogen) atoms. The minimum atomic E-state index is -0.435. The van der Waals surface area contributed by atoms with E-state index < -0.39 is 6.04 Å². The molecule has 0 aliphatic carbocycles. The molecule has 1 aromatic carbocycles. The van der Waals surface area contributed by atoms with E-state index in [4.69, 9.17) is 4.74 Å². The van der Waals surface area contributed by atoms with Crippen molar-refractivity contribution < 1.29 is 14.3 Å². The highest BCUT2D eigenvalue weighted by Crippen LogP contribution is 2.33. The Morgan fingerprint density at radius 2 is 2.05 bits per heavy atom. The zero-order chi connectivity index (χ0) is 16.1. The molecule has 0 saturated heterocycles. The SMILES string of the molecule is CCCC(=O)N1c2ccccc2NC(C(=O)OCC)CC1C. The largest absolute Gasteiger partial charge is 0.464 e. The summed E-state index contributed by atoms with van der Waals surface area (Å²) < 4.78 is 5.14. The van der Waals surface area contributed by atoms with Gasteiger partial charge in [-0.3, -0.25) is 4.79 Å². The summed E-state index contributed by atoms with van der Waals surface area (Å²) in [5, 5.41) is 3.23. The van der Waals surface area contributed by atoms with Gasteiger partial charge < -0.3 is 15.0 Å². The number of benzene rings is 1. The summed E-state index contributed by atoms with van der Waals surface area (Å²) in [6, 6.07) is 7.11. The summed E-state index contributed by atoms with van der Waals surface area (Å²) >= 11 is 0. The molecular formula is C17H24N2O3. The van der Waals surface area contributed by atoms with Crippen molar-refractivity contribution in [2.75, 3.05) is 16.8 Å². The van der Waals surface area contributed by atoms with Gasteiger partial charge in [-0.15, -0.1) is 0 Å². The number of anilines is 2. The quantitative estimate of drug-likeness (QED) is 0.869. The zero-order valence-corrected chi connectivity index (χ0v) is 13.5. The normalized spacial score (nSPS) is 20.6. The second-order valence-electron chi connectivity index (χ2n) is 5.56. The van der Waals surface area contributed by atoms with Crippen molar-refractivity contribution in [3.63, 3.8) is 0 Å². The first kappa shape index (κ1) is 16.3. The molecule has 2 atom stereocenters. The molecule has 0 bridgehead atoms. The molecule has 120 valence electrons. The molecule has 0 saturated carbocycles. The third kappa shape index (κ3) is 3.40. The van der Waals surface area contributed by atoms with Gasteiger partial charge in [0.1, 0.15) is 6.04 Å². The fraction of sp³-hybridized carbons (Fsp3) is 0.529. The number of nitrogens with one attached hydrogen (secondary N) is 1. The summed E-state index contributed by atoms with van der Waals surface area (Å²) in [7, 11) is 0. The van der Waals surface area contributed by atoms with E-state index in [1.807, 2.05) is 43.0 Å². The summed E-state index contributed by atoms with van der Waals surface area (Å²) in [6.07, 6.45) is 1.84.